The van der Waals surface area contributed by atoms with Gasteiger partial charge < -0.3 is 0 Å². The summed E-state index contributed by atoms with van der Waals surface area (Å²) in [6.07, 6.45) is 3.07. The molecule has 52 heavy (non-hydrogen) atoms. The number of carbonyl (C=O) groups is 2. The van der Waals surface area contributed by atoms with Crippen molar-refractivity contribution in [1.82, 2.24) is 19.6 Å². The normalized spacial score (nSPS) is 11.5. The molecule has 5 aromatic rings. The second-order valence-corrected chi connectivity index (χ2v) is 17.4. The number of carbonyl (C=O) groups excluding carboxylic acids is 2. The van der Waals surface area contributed by atoms with Gasteiger partial charge in [0.2, 0.25) is 0 Å². The standard InChI is InChI=1S/C13H12F3IN2.C13H13F3N2.C10H11IO4/c1-13(2,3)19-12(11(17)6-18-19)7-4-9(15)10(16)5-8(7)14;1-13(2,3)18-12(4-5-17-18)8-6-10(15)11(16)7-9(8)14;1-8(12)14-11(15-9(2)13)10-6-4-3-5-7-10/h4-6H,1-3H3;4-7H,1-3H3;3-7H,1-2H3. The quantitative estimate of drug-likeness (QED) is 0.0991. The summed E-state index contributed by atoms with van der Waals surface area (Å²) in [6, 6.07) is 13.4. The third-order valence-corrected chi connectivity index (χ3v) is 11.0. The number of hydrogen-bond donors (Lipinski definition) is 0. The minimum Gasteiger partial charge on any atom is -0.260 e. The molecule has 16 heteroatoms. The van der Waals surface area contributed by atoms with Crippen molar-refractivity contribution in [2.24, 2.45) is 0 Å². The van der Waals surface area contributed by atoms with E-state index in [1.807, 2.05) is 82.3 Å². The Labute approximate surface area is 319 Å². The zero-order valence-corrected chi connectivity index (χ0v) is 33.7. The van der Waals surface area contributed by atoms with Gasteiger partial charge in [-0.1, -0.05) is 0 Å². The number of nitrogens with zero attached hydrogens (tertiary/aromatic N) is 4. The van der Waals surface area contributed by atoms with Crippen molar-refractivity contribution in [3.8, 4) is 22.5 Å². The van der Waals surface area contributed by atoms with Gasteiger partial charge in [0.15, 0.2) is 23.3 Å². The van der Waals surface area contributed by atoms with Crippen LogP contribution in [0.25, 0.3) is 22.5 Å². The van der Waals surface area contributed by atoms with Gasteiger partial charge in [-0.2, -0.15) is 10.2 Å². The van der Waals surface area contributed by atoms with Crippen LogP contribution in [0.3, 0.4) is 0 Å². The van der Waals surface area contributed by atoms with Gasteiger partial charge in [0.1, 0.15) is 11.6 Å². The summed E-state index contributed by atoms with van der Waals surface area (Å²) < 4.78 is 94.7. The van der Waals surface area contributed by atoms with Crippen molar-refractivity contribution in [3.63, 3.8) is 0 Å². The Morgan fingerprint density at radius 1 is 0.654 bits per heavy atom. The monoisotopic (exact) mass is 956 g/mol. The molecule has 0 aliphatic heterocycles. The van der Waals surface area contributed by atoms with Crippen LogP contribution in [0.2, 0.25) is 0 Å². The van der Waals surface area contributed by atoms with E-state index in [2.05, 4.69) is 10.2 Å². The first-order valence-electron chi connectivity index (χ1n) is 15.3. The Morgan fingerprint density at radius 2 is 1.12 bits per heavy atom. The molecule has 0 amide bonds. The van der Waals surface area contributed by atoms with Crippen LogP contribution in [-0.4, -0.2) is 31.5 Å². The van der Waals surface area contributed by atoms with Gasteiger partial charge in [0.25, 0.3) is 0 Å². The predicted octanol–water partition coefficient (Wildman–Crippen LogP) is 10.4. The SMILES string of the molecule is CC(=O)OI(OC(C)=O)c1ccccc1.CC(C)(C)n1ncc(I)c1-c1cc(F)c(F)cc1F.CC(C)(C)n1nccc1-c1cc(F)c(F)cc1F. The van der Waals surface area contributed by atoms with Crippen LogP contribution in [0.15, 0.2) is 73.1 Å². The molecule has 280 valence electrons. The van der Waals surface area contributed by atoms with Crippen molar-refractivity contribution in [1.29, 1.82) is 0 Å². The molecule has 8 nitrogen and oxygen atoms in total. The molecule has 5 rings (SSSR count). The van der Waals surface area contributed by atoms with E-state index >= 15 is 0 Å². The molecule has 3 aromatic carbocycles. The van der Waals surface area contributed by atoms with Crippen LogP contribution < -0.4 is 0 Å². The molecule has 0 radical (unpaired) electrons. The molecule has 0 N–H and O–H groups in total. The Hall–Kier alpha value is -3.94. The van der Waals surface area contributed by atoms with Gasteiger partial charge in [-0.15, -0.1) is 0 Å². The third kappa shape index (κ3) is 11.3. The molecule has 0 aliphatic rings. The Balaban J connectivity index is 0.000000212. The van der Waals surface area contributed by atoms with E-state index in [4.69, 9.17) is 6.13 Å². The van der Waals surface area contributed by atoms with E-state index in [1.54, 1.807) is 33.8 Å². The number of aromatic nitrogens is 4. The summed E-state index contributed by atoms with van der Waals surface area (Å²) in [5.41, 5.74) is 0.104. The largest absolute Gasteiger partial charge is 0.260 e. The van der Waals surface area contributed by atoms with Gasteiger partial charge >= 0.3 is 96.1 Å². The minimum absolute atomic E-state index is 0.00123. The molecular weight excluding hydrogens is 920 g/mol. The summed E-state index contributed by atoms with van der Waals surface area (Å²) in [4.78, 5) is 21.7. The average Bonchev–Trinajstić information content (AvgIpc) is 3.69. The van der Waals surface area contributed by atoms with Crippen LogP contribution in [0.5, 0.6) is 0 Å². The van der Waals surface area contributed by atoms with Crippen molar-refractivity contribution in [2.75, 3.05) is 0 Å². The van der Waals surface area contributed by atoms with Gasteiger partial charge in [0, 0.05) is 29.5 Å². The van der Waals surface area contributed by atoms with Crippen molar-refractivity contribution in [3.05, 3.63) is 115 Å². The molecule has 0 atom stereocenters. The van der Waals surface area contributed by atoms with Gasteiger partial charge in [-0.05, 0) is 82.3 Å². The van der Waals surface area contributed by atoms with Crippen LogP contribution in [0.1, 0.15) is 55.4 Å². The van der Waals surface area contributed by atoms with Crippen LogP contribution in [-0.2, 0) is 26.8 Å². The predicted molar refractivity (Wildman–Crippen MR) is 200 cm³/mol. The van der Waals surface area contributed by atoms with E-state index in [9.17, 15) is 35.9 Å². The molecule has 0 saturated heterocycles. The smallest absolute Gasteiger partial charge is 0.161 e. The maximum absolute atomic E-state index is 13.9. The summed E-state index contributed by atoms with van der Waals surface area (Å²) in [5.74, 6) is -7.00. The molecule has 0 bridgehead atoms. The molecule has 0 aliphatic carbocycles. The summed E-state index contributed by atoms with van der Waals surface area (Å²) in [7, 11) is 0. The average molecular weight is 957 g/mol. The topological polar surface area (TPSA) is 88.2 Å². The molecular formula is C36H36F6I2N4O4. The molecule has 0 saturated carbocycles. The van der Waals surface area contributed by atoms with E-state index in [-0.39, 0.29) is 16.7 Å². The number of halogens is 8. The fraction of sp³-hybridized carbons (Fsp3) is 0.278. The van der Waals surface area contributed by atoms with Crippen molar-refractivity contribution < 1.29 is 42.1 Å². The fourth-order valence-electron chi connectivity index (χ4n) is 4.36. The first-order valence-corrected chi connectivity index (χ1v) is 19.2. The van der Waals surface area contributed by atoms with Crippen LogP contribution in [0, 0.1) is 42.0 Å². The first-order chi connectivity index (χ1) is 24.1. The minimum atomic E-state index is -2.59. The van der Waals surface area contributed by atoms with Crippen molar-refractivity contribution in [2.45, 2.75) is 66.5 Å². The third-order valence-electron chi connectivity index (χ3n) is 6.46. The zero-order valence-electron chi connectivity index (χ0n) is 29.4. The molecule has 2 heterocycles. The van der Waals surface area contributed by atoms with Crippen LogP contribution in [0.4, 0.5) is 26.3 Å². The van der Waals surface area contributed by atoms with E-state index in [0.717, 1.165) is 15.7 Å². The molecule has 0 unspecified atom stereocenters. The van der Waals surface area contributed by atoms with Crippen molar-refractivity contribution >= 4 is 55.2 Å². The van der Waals surface area contributed by atoms with E-state index in [0.29, 0.717) is 27.1 Å². The van der Waals surface area contributed by atoms with Gasteiger partial charge in [0.05, 0.1) is 32.2 Å². The number of rotatable bonds is 5. The van der Waals surface area contributed by atoms with Gasteiger partial charge in [-0.25, -0.2) is 26.3 Å². The van der Waals surface area contributed by atoms with Gasteiger partial charge in [-0.3, -0.25) is 9.36 Å². The number of hydrogen-bond acceptors (Lipinski definition) is 6. The molecule has 0 fully saturated rings. The Bertz CT molecular complexity index is 2010. The van der Waals surface area contributed by atoms with E-state index < -0.39 is 73.0 Å². The summed E-state index contributed by atoms with van der Waals surface area (Å²) >= 11 is -0.597. The maximum atomic E-state index is 13.9. The zero-order chi connectivity index (χ0) is 39.1. The van der Waals surface area contributed by atoms with Crippen LogP contribution >= 0.6 is 43.2 Å². The maximum Gasteiger partial charge on any atom is 0.161 e. The Kier molecular flexibility index (Phi) is 14.5. The Morgan fingerprint density at radius 3 is 1.60 bits per heavy atom. The second-order valence-electron chi connectivity index (χ2n) is 12.9. The number of benzene rings is 3. The fourth-order valence-corrected chi connectivity index (χ4v) is 7.74. The molecule has 2 aromatic heterocycles. The molecule has 0 spiro atoms. The second kappa shape index (κ2) is 17.7. The summed E-state index contributed by atoms with van der Waals surface area (Å²) in [5, 5.41) is 8.27. The summed E-state index contributed by atoms with van der Waals surface area (Å²) in [6.45, 7) is 14.0. The van der Waals surface area contributed by atoms with E-state index in [1.165, 1.54) is 20.0 Å². The first kappa shape index (κ1) is 42.5.